The summed E-state index contributed by atoms with van der Waals surface area (Å²) in [5, 5.41) is 4.17. The first kappa shape index (κ1) is 13.7. The van der Waals surface area contributed by atoms with E-state index in [1.54, 1.807) is 0 Å². The molecule has 1 saturated heterocycles. The molecule has 1 aliphatic heterocycles. The minimum absolute atomic E-state index is 0.307. The number of halogens is 1. The van der Waals surface area contributed by atoms with Crippen LogP contribution in [0, 0.1) is 11.8 Å². The summed E-state index contributed by atoms with van der Waals surface area (Å²) >= 11 is 5.89. The van der Waals surface area contributed by atoms with Gasteiger partial charge in [-0.1, -0.05) is 25.4 Å². The lowest BCUT2D eigenvalue weighted by Crippen LogP contribution is -2.30. The number of nitrogens with one attached hydrogen (secondary N) is 1. The van der Waals surface area contributed by atoms with Crippen LogP contribution < -0.4 is 10.1 Å². The minimum atomic E-state index is 0.307. The summed E-state index contributed by atoms with van der Waals surface area (Å²) in [5.41, 5.74) is 0. The van der Waals surface area contributed by atoms with Gasteiger partial charge in [0, 0.05) is 17.5 Å². The zero-order valence-electron chi connectivity index (χ0n) is 11.2. The molecule has 3 heteroatoms. The average molecular weight is 268 g/mol. The number of benzene rings is 1. The van der Waals surface area contributed by atoms with Gasteiger partial charge in [0.25, 0.3) is 0 Å². The van der Waals surface area contributed by atoms with Gasteiger partial charge in [-0.25, -0.2) is 0 Å². The van der Waals surface area contributed by atoms with Crippen molar-refractivity contribution in [2.45, 2.75) is 32.8 Å². The first-order valence-corrected chi connectivity index (χ1v) is 7.16. The van der Waals surface area contributed by atoms with Gasteiger partial charge in [0.15, 0.2) is 0 Å². The van der Waals surface area contributed by atoms with Crippen molar-refractivity contribution in [2.75, 3.05) is 13.1 Å². The zero-order chi connectivity index (χ0) is 13.0. The monoisotopic (exact) mass is 267 g/mol. The van der Waals surface area contributed by atoms with E-state index in [0.717, 1.165) is 30.3 Å². The van der Waals surface area contributed by atoms with Gasteiger partial charge in [-0.2, -0.15) is 0 Å². The Labute approximate surface area is 115 Å². The van der Waals surface area contributed by atoms with E-state index in [0.29, 0.717) is 17.9 Å². The van der Waals surface area contributed by atoms with E-state index in [9.17, 15) is 0 Å². The van der Waals surface area contributed by atoms with Gasteiger partial charge in [0.1, 0.15) is 11.9 Å². The Hall–Kier alpha value is -0.730. The molecular formula is C15H22ClNO. The maximum Gasteiger partial charge on any atom is 0.119 e. The molecule has 0 aromatic heterocycles. The number of ether oxygens (including phenoxy) is 1. The SMILES string of the molecule is CC(C)C[C@H](Oc1ccc(Cl)cc1)[C@H]1CCNC1. The molecule has 0 aliphatic carbocycles. The third kappa shape index (κ3) is 3.89. The molecule has 0 amide bonds. The number of hydrogen-bond donors (Lipinski definition) is 1. The third-order valence-electron chi connectivity index (χ3n) is 3.43. The summed E-state index contributed by atoms with van der Waals surface area (Å²) in [6, 6.07) is 7.68. The smallest absolute Gasteiger partial charge is 0.119 e. The van der Waals surface area contributed by atoms with Crippen LogP contribution >= 0.6 is 11.6 Å². The van der Waals surface area contributed by atoms with Crippen molar-refractivity contribution >= 4 is 11.6 Å². The highest BCUT2D eigenvalue weighted by Crippen LogP contribution is 2.25. The van der Waals surface area contributed by atoms with Gasteiger partial charge >= 0.3 is 0 Å². The van der Waals surface area contributed by atoms with Crippen LogP contribution in [0.25, 0.3) is 0 Å². The van der Waals surface area contributed by atoms with E-state index in [1.807, 2.05) is 24.3 Å². The fraction of sp³-hybridized carbons (Fsp3) is 0.600. The van der Waals surface area contributed by atoms with Crippen molar-refractivity contribution in [3.63, 3.8) is 0 Å². The molecule has 0 bridgehead atoms. The third-order valence-corrected chi connectivity index (χ3v) is 3.68. The minimum Gasteiger partial charge on any atom is -0.490 e. The molecule has 1 N–H and O–H groups in total. The summed E-state index contributed by atoms with van der Waals surface area (Å²) in [4.78, 5) is 0. The molecule has 0 radical (unpaired) electrons. The summed E-state index contributed by atoms with van der Waals surface area (Å²) in [5.74, 6) is 2.21. The lowest BCUT2D eigenvalue weighted by molar-refractivity contribution is 0.119. The predicted molar refractivity (Wildman–Crippen MR) is 76.3 cm³/mol. The summed E-state index contributed by atoms with van der Waals surface area (Å²) < 4.78 is 6.17. The van der Waals surface area contributed by atoms with E-state index < -0.39 is 0 Å². The van der Waals surface area contributed by atoms with E-state index >= 15 is 0 Å². The van der Waals surface area contributed by atoms with Crippen LogP contribution in [-0.2, 0) is 0 Å². The lowest BCUT2D eigenvalue weighted by Gasteiger charge is -2.26. The van der Waals surface area contributed by atoms with Crippen LogP contribution in [0.15, 0.2) is 24.3 Å². The highest BCUT2D eigenvalue weighted by Gasteiger charge is 2.27. The molecule has 2 rings (SSSR count). The first-order chi connectivity index (χ1) is 8.65. The molecule has 1 heterocycles. The normalized spacial score (nSPS) is 21.2. The maximum atomic E-state index is 6.17. The predicted octanol–water partition coefficient (Wildman–Crippen LogP) is 3.74. The highest BCUT2D eigenvalue weighted by molar-refractivity contribution is 6.30. The molecule has 1 fully saturated rings. The Kier molecular flexibility index (Phi) is 4.90. The zero-order valence-corrected chi connectivity index (χ0v) is 11.9. The van der Waals surface area contributed by atoms with Crippen LogP contribution in [0.2, 0.25) is 5.02 Å². The Balaban J connectivity index is 2.01. The highest BCUT2D eigenvalue weighted by atomic mass is 35.5. The first-order valence-electron chi connectivity index (χ1n) is 6.78. The van der Waals surface area contributed by atoms with E-state index in [-0.39, 0.29) is 0 Å². The second-order valence-electron chi connectivity index (χ2n) is 5.49. The van der Waals surface area contributed by atoms with E-state index in [1.165, 1.54) is 6.42 Å². The molecule has 0 saturated carbocycles. The van der Waals surface area contributed by atoms with Crippen molar-refractivity contribution < 1.29 is 4.74 Å². The molecule has 1 aromatic rings. The second-order valence-corrected chi connectivity index (χ2v) is 5.93. The van der Waals surface area contributed by atoms with Crippen molar-refractivity contribution in [3.8, 4) is 5.75 Å². The lowest BCUT2D eigenvalue weighted by atomic mass is 9.93. The van der Waals surface area contributed by atoms with Gasteiger partial charge in [0.05, 0.1) is 0 Å². The summed E-state index contributed by atoms with van der Waals surface area (Å²) in [6.07, 6.45) is 2.63. The van der Waals surface area contributed by atoms with Crippen molar-refractivity contribution in [1.82, 2.24) is 5.32 Å². The summed E-state index contributed by atoms with van der Waals surface area (Å²) in [6.45, 7) is 6.69. The fourth-order valence-corrected chi connectivity index (χ4v) is 2.61. The van der Waals surface area contributed by atoms with Crippen molar-refractivity contribution in [2.24, 2.45) is 11.8 Å². The molecular weight excluding hydrogens is 246 g/mol. The number of hydrogen-bond acceptors (Lipinski definition) is 2. The topological polar surface area (TPSA) is 21.3 Å². The van der Waals surface area contributed by atoms with Crippen LogP contribution in [0.3, 0.4) is 0 Å². The molecule has 2 atom stereocenters. The van der Waals surface area contributed by atoms with Crippen LogP contribution in [0.1, 0.15) is 26.7 Å². The van der Waals surface area contributed by atoms with E-state index in [2.05, 4.69) is 19.2 Å². The maximum absolute atomic E-state index is 6.17. The molecule has 1 aromatic carbocycles. The standard InChI is InChI=1S/C15H22ClNO/c1-11(2)9-15(12-7-8-17-10-12)18-14-5-3-13(16)4-6-14/h3-6,11-12,15,17H,7-10H2,1-2H3/t12-,15-/m0/s1. The van der Waals surface area contributed by atoms with Crippen molar-refractivity contribution in [3.05, 3.63) is 29.3 Å². The number of rotatable bonds is 5. The molecule has 18 heavy (non-hydrogen) atoms. The Bertz CT molecular complexity index is 357. The van der Waals surface area contributed by atoms with E-state index in [4.69, 9.17) is 16.3 Å². The molecule has 1 aliphatic rings. The van der Waals surface area contributed by atoms with Gasteiger partial charge in [-0.15, -0.1) is 0 Å². The van der Waals surface area contributed by atoms with Gasteiger partial charge in [0.2, 0.25) is 0 Å². The second kappa shape index (κ2) is 6.44. The molecule has 0 spiro atoms. The quantitative estimate of drug-likeness (QED) is 0.877. The Morgan fingerprint density at radius 3 is 2.61 bits per heavy atom. The largest absolute Gasteiger partial charge is 0.490 e. The van der Waals surface area contributed by atoms with Gasteiger partial charge in [-0.05, 0) is 49.6 Å². The van der Waals surface area contributed by atoms with Crippen LogP contribution in [-0.4, -0.2) is 19.2 Å². The Morgan fingerprint density at radius 2 is 2.06 bits per heavy atom. The molecule has 100 valence electrons. The van der Waals surface area contributed by atoms with Gasteiger partial charge in [-0.3, -0.25) is 0 Å². The average Bonchev–Trinajstić information content (AvgIpc) is 2.84. The fourth-order valence-electron chi connectivity index (χ4n) is 2.48. The summed E-state index contributed by atoms with van der Waals surface area (Å²) in [7, 11) is 0. The van der Waals surface area contributed by atoms with Crippen molar-refractivity contribution in [1.29, 1.82) is 0 Å². The van der Waals surface area contributed by atoms with Crippen LogP contribution in [0.5, 0.6) is 5.75 Å². The van der Waals surface area contributed by atoms with Gasteiger partial charge < -0.3 is 10.1 Å². The molecule has 2 nitrogen and oxygen atoms in total. The van der Waals surface area contributed by atoms with Crippen LogP contribution in [0.4, 0.5) is 0 Å². The Morgan fingerprint density at radius 1 is 1.33 bits per heavy atom. The molecule has 0 unspecified atom stereocenters.